The van der Waals surface area contributed by atoms with Crippen LogP contribution >= 0.6 is 0 Å². The van der Waals surface area contributed by atoms with Gasteiger partial charge >= 0.3 is 5.97 Å². The summed E-state index contributed by atoms with van der Waals surface area (Å²) in [5.41, 5.74) is 0. The highest BCUT2D eigenvalue weighted by Crippen LogP contribution is 2.18. The first-order chi connectivity index (χ1) is 37.0. The van der Waals surface area contributed by atoms with Crippen molar-refractivity contribution < 1.29 is 24.5 Å². The average molecular weight is 1060 g/mol. The van der Waals surface area contributed by atoms with Gasteiger partial charge in [0.25, 0.3) is 0 Å². The Morgan fingerprint density at radius 2 is 0.627 bits per heavy atom. The second-order valence-electron chi connectivity index (χ2n) is 23.5. The predicted octanol–water partition coefficient (Wildman–Crippen LogP) is 21.8. The van der Waals surface area contributed by atoms with E-state index in [9.17, 15) is 19.8 Å². The Morgan fingerprint density at radius 1 is 0.360 bits per heavy atom. The fourth-order valence-electron chi connectivity index (χ4n) is 10.7. The molecule has 6 heteroatoms. The van der Waals surface area contributed by atoms with Crippen LogP contribution in [0.5, 0.6) is 0 Å². The first kappa shape index (κ1) is 73.3. The highest BCUT2D eigenvalue weighted by atomic mass is 16.5. The van der Waals surface area contributed by atoms with Crippen LogP contribution in [0.2, 0.25) is 0 Å². The van der Waals surface area contributed by atoms with Crippen molar-refractivity contribution in [2.45, 2.75) is 392 Å². The quantitative estimate of drug-likeness (QED) is 0.0320. The first-order valence-electron chi connectivity index (χ1n) is 34.1. The zero-order valence-corrected chi connectivity index (χ0v) is 50.8. The number of esters is 1. The van der Waals surface area contributed by atoms with Gasteiger partial charge in [-0.25, -0.2) is 0 Å². The molecule has 0 saturated carbocycles. The van der Waals surface area contributed by atoms with E-state index >= 15 is 0 Å². The third-order valence-corrected chi connectivity index (χ3v) is 16.0. The molecule has 0 fully saturated rings. The van der Waals surface area contributed by atoms with Gasteiger partial charge in [0.15, 0.2) is 0 Å². The molecular formula is C69H133NO5. The number of carbonyl (C=O) groups is 2. The summed E-state index contributed by atoms with van der Waals surface area (Å²) in [6.07, 6.45) is 80.9. The largest absolute Gasteiger partial charge is 0.466 e. The number of hydrogen-bond acceptors (Lipinski definition) is 5. The molecule has 444 valence electrons. The van der Waals surface area contributed by atoms with Crippen LogP contribution in [0.3, 0.4) is 0 Å². The van der Waals surface area contributed by atoms with Crippen molar-refractivity contribution in [2.75, 3.05) is 13.2 Å². The van der Waals surface area contributed by atoms with Gasteiger partial charge in [-0.15, -0.1) is 0 Å². The Kier molecular flexibility index (Phi) is 63.4. The lowest BCUT2D eigenvalue weighted by molar-refractivity contribution is -0.143. The summed E-state index contributed by atoms with van der Waals surface area (Å²) in [5.74, 6) is -0.0653. The van der Waals surface area contributed by atoms with Crippen LogP contribution in [0.4, 0.5) is 0 Å². The third-order valence-electron chi connectivity index (χ3n) is 16.0. The van der Waals surface area contributed by atoms with Gasteiger partial charge in [-0.05, 0) is 57.8 Å². The standard InChI is InChI=1S/C69H133NO5/c1-3-5-7-9-11-13-15-17-19-21-23-26-29-33-37-41-45-49-53-57-61-67(72)66(65-71)70-68(73)62-58-54-50-46-42-38-34-30-27-24-28-32-36-40-44-48-52-56-60-64-75-69(74)63-59-55-51-47-43-39-35-31-25-22-20-18-16-14-12-10-8-6-4-2/h24,27,57,61,66-67,71-72H,3-23,25-26,28-56,58-60,62-65H2,1-2H3,(H,70,73)/b27-24-,61-57+. The molecule has 0 aromatic heterocycles. The van der Waals surface area contributed by atoms with Gasteiger partial charge in [-0.3, -0.25) is 9.59 Å². The Hall–Kier alpha value is -1.66. The zero-order chi connectivity index (χ0) is 54.3. The second kappa shape index (κ2) is 64.9. The van der Waals surface area contributed by atoms with Gasteiger partial charge in [-0.1, -0.05) is 334 Å². The SMILES string of the molecule is CCCCCCCCCCCCCCCCCCCC/C=C/C(O)C(CO)NC(=O)CCCCCCCCC/C=C\CCCCCCCCCCOC(=O)CCCCCCCCCCCCCCCCCCCCC. The normalized spacial score (nSPS) is 12.6. The van der Waals surface area contributed by atoms with Gasteiger partial charge in [0.2, 0.25) is 5.91 Å². The summed E-state index contributed by atoms with van der Waals surface area (Å²) in [4.78, 5) is 24.6. The molecule has 75 heavy (non-hydrogen) atoms. The zero-order valence-electron chi connectivity index (χ0n) is 50.8. The van der Waals surface area contributed by atoms with Crippen LogP contribution in [0, 0.1) is 0 Å². The molecule has 2 unspecified atom stereocenters. The number of ether oxygens (including phenoxy) is 1. The monoisotopic (exact) mass is 1060 g/mol. The summed E-state index contributed by atoms with van der Waals surface area (Å²) in [6.45, 7) is 4.93. The van der Waals surface area contributed by atoms with Crippen molar-refractivity contribution >= 4 is 11.9 Å². The molecule has 0 radical (unpaired) electrons. The van der Waals surface area contributed by atoms with E-state index < -0.39 is 12.1 Å². The Morgan fingerprint density at radius 3 is 0.947 bits per heavy atom. The van der Waals surface area contributed by atoms with Crippen molar-refractivity contribution in [3.63, 3.8) is 0 Å². The lowest BCUT2D eigenvalue weighted by Gasteiger charge is -2.20. The molecule has 0 aromatic rings. The minimum atomic E-state index is -0.851. The Bertz CT molecular complexity index is 1170. The average Bonchev–Trinajstić information content (AvgIpc) is 3.41. The van der Waals surface area contributed by atoms with E-state index in [4.69, 9.17) is 4.74 Å². The molecule has 3 N–H and O–H groups in total. The predicted molar refractivity (Wildman–Crippen MR) is 329 cm³/mol. The molecule has 0 heterocycles. The van der Waals surface area contributed by atoms with Gasteiger partial charge in [-0.2, -0.15) is 0 Å². The molecule has 0 aliphatic rings. The number of aliphatic hydroxyl groups excluding tert-OH is 2. The van der Waals surface area contributed by atoms with E-state index in [2.05, 4.69) is 31.3 Å². The topological polar surface area (TPSA) is 95.9 Å². The number of hydrogen-bond donors (Lipinski definition) is 3. The minimum Gasteiger partial charge on any atom is -0.466 e. The first-order valence-corrected chi connectivity index (χ1v) is 34.1. The maximum absolute atomic E-state index is 12.5. The van der Waals surface area contributed by atoms with E-state index in [0.29, 0.717) is 19.4 Å². The summed E-state index contributed by atoms with van der Waals surface area (Å²) < 4.78 is 5.50. The number of carbonyl (C=O) groups excluding carboxylic acids is 2. The highest BCUT2D eigenvalue weighted by molar-refractivity contribution is 5.76. The fourth-order valence-corrected chi connectivity index (χ4v) is 10.7. The van der Waals surface area contributed by atoms with E-state index in [-0.39, 0.29) is 18.5 Å². The van der Waals surface area contributed by atoms with Crippen molar-refractivity contribution in [1.29, 1.82) is 0 Å². The molecule has 1 amide bonds. The van der Waals surface area contributed by atoms with Crippen LogP contribution in [0.1, 0.15) is 380 Å². The summed E-state index contributed by atoms with van der Waals surface area (Å²) >= 11 is 0. The van der Waals surface area contributed by atoms with Gasteiger partial charge in [0.1, 0.15) is 0 Å². The van der Waals surface area contributed by atoms with Crippen LogP contribution < -0.4 is 5.32 Å². The van der Waals surface area contributed by atoms with Crippen LogP contribution in [0.15, 0.2) is 24.3 Å². The maximum Gasteiger partial charge on any atom is 0.305 e. The number of amides is 1. The van der Waals surface area contributed by atoms with Crippen molar-refractivity contribution in [1.82, 2.24) is 5.32 Å². The Balaban J connectivity index is 3.44. The number of rotatable bonds is 64. The maximum atomic E-state index is 12.5. The number of nitrogens with one attached hydrogen (secondary N) is 1. The van der Waals surface area contributed by atoms with Gasteiger partial charge < -0.3 is 20.3 Å². The molecule has 6 nitrogen and oxygen atoms in total. The van der Waals surface area contributed by atoms with E-state index in [0.717, 1.165) is 44.9 Å². The number of unbranched alkanes of at least 4 members (excludes halogenated alkanes) is 51. The lowest BCUT2D eigenvalue weighted by atomic mass is 10.0. The van der Waals surface area contributed by atoms with E-state index in [1.54, 1.807) is 6.08 Å². The summed E-state index contributed by atoms with van der Waals surface area (Å²) in [5, 5.41) is 23.2. The number of aliphatic hydroxyl groups is 2. The number of allylic oxidation sites excluding steroid dienone is 3. The molecule has 0 rings (SSSR count). The van der Waals surface area contributed by atoms with E-state index in [1.807, 2.05) is 6.08 Å². The molecule has 0 aliphatic carbocycles. The highest BCUT2D eigenvalue weighted by Gasteiger charge is 2.18. The van der Waals surface area contributed by atoms with Crippen LogP contribution in [0.25, 0.3) is 0 Å². The molecule has 0 bridgehead atoms. The van der Waals surface area contributed by atoms with Crippen molar-refractivity contribution in [3.05, 3.63) is 24.3 Å². The minimum absolute atomic E-state index is 0.00878. The molecular weight excluding hydrogens is 923 g/mol. The van der Waals surface area contributed by atoms with Gasteiger partial charge in [0, 0.05) is 12.8 Å². The van der Waals surface area contributed by atoms with Gasteiger partial charge in [0.05, 0.1) is 25.4 Å². The van der Waals surface area contributed by atoms with Crippen molar-refractivity contribution in [3.8, 4) is 0 Å². The summed E-state index contributed by atoms with van der Waals surface area (Å²) in [7, 11) is 0. The fraction of sp³-hybridized carbons (Fsp3) is 0.913. The lowest BCUT2D eigenvalue weighted by Crippen LogP contribution is -2.45. The molecule has 2 atom stereocenters. The molecule has 0 saturated heterocycles. The smallest absolute Gasteiger partial charge is 0.305 e. The molecule has 0 spiro atoms. The second-order valence-corrected chi connectivity index (χ2v) is 23.5. The molecule has 0 aliphatic heterocycles. The van der Waals surface area contributed by atoms with Crippen molar-refractivity contribution in [2.24, 2.45) is 0 Å². The van der Waals surface area contributed by atoms with Crippen LogP contribution in [-0.4, -0.2) is 47.4 Å². The third kappa shape index (κ3) is 61.4. The summed E-state index contributed by atoms with van der Waals surface area (Å²) in [6, 6.07) is -0.636. The van der Waals surface area contributed by atoms with Crippen LogP contribution in [-0.2, 0) is 14.3 Å². The van der Waals surface area contributed by atoms with E-state index in [1.165, 1.54) is 308 Å². The Labute approximate surface area is 469 Å². The molecule has 0 aromatic carbocycles.